The van der Waals surface area contributed by atoms with Gasteiger partial charge < -0.3 is 19.5 Å². The number of ether oxygens (including phenoxy) is 3. The van der Waals surface area contributed by atoms with Crippen LogP contribution < -0.4 is 19.5 Å². The number of thioether (sulfide) groups is 1. The highest BCUT2D eigenvalue weighted by Gasteiger charge is 2.15. The number of anilines is 1. The molecule has 0 saturated heterocycles. The third-order valence-corrected chi connectivity index (χ3v) is 5.82. The second-order valence-corrected chi connectivity index (χ2v) is 7.82. The molecule has 0 radical (unpaired) electrons. The average Bonchev–Trinajstić information content (AvgIpc) is 2.80. The van der Waals surface area contributed by atoms with Crippen LogP contribution in [-0.4, -0.2) is 43.2 Å². The molecule has 1 N–H and O–H groups in total. The van der Waals surface area contributed by atoms with Crippen molar-refractivity contribution >= 4 is 35.0 Å². The number of nitrogens with zero attached hydrogens (tertiary/aromatic N) is 2. The van der Waals surface area contributed by atoms with Crippen LogP contribution in [-0.2, 0) is 4.79 Å². The summed E-state index contributed by atoms with van der Waals surface area (Å²) in [5, 5.41) is 12.6. The Hall–Kier alpha value is -2.97. The number of methoxy groups -OCH3 is 3. The summed E-state index contributed by atoms with van der Waals surface area (Å²) in [4.78, 5) is 12.3. The summed E-state index contributed by atoms with van der Waals surface area (Å²) in [7, 11) is 4.67. The quantitative estimate of drug-likeness (QED) is 0.481. The molecule has 9 heteroatoms. The molecule has 0 unspecified atom stereocenters. The minimum Gasteiger partial charge on any atom is -0.493 e. The van der Waals surface area contributed by atoms with Gasteiger partial charge in [-0.05, 0) is 48.9 Å². The van der Waals surface area contributed by atoms with Crippen molar-refractivity contribution < 1.29 is 19.0 Å². The SMILES string of the molecule is COc1cc(-c2ccc(SCC(=O)Nc3cccc(Cl)c3C)nn2)cc(OC)c1OC. The molecular formula is C22H22ClN3O4S. The first kappa shape index (κ1) is 22.7. The fourth-order valence-electron chi connectivity index (χ4n) is 2.85. The largest absolute Gasteiger partial charge is 0.493 e. The van der Waals surface area contributed by atoms with Crippen LogP contribution >= 0.6 is 23.4 Å². The fourth-order valence-corrected chi connectivity index (χ4v) is 3.64. The molecule has 0 spiro atoms. The van der Waals surface area contributed by atoms with E-state index in [0.717, 1.165) is 11.1 Å². The van der Waals surface area contributed by atoms with E-state index in [1.807, 2.05) is 25.1 Å². The summed E-state index contributed by atoms with van der Waals surface area (Å²) in [6.07, 6.45) is 0. The normalized spacial score (nSPS) is 10.5. The summed E-state index contributed by atoms with van der Waals surface area (Å²) in [6, 6.07) is 12.6. The molecule has 31 heavy (non-hydrogen) atoms. The van der Waals surface area contributed by atoms with Gasteiger partial charge in [-0.2, -0.15) is 0 Å². The van der Waals surface area contributed by atoms with Gasteiger partial charge in [0, 0.05) is 16.3 Å². The summed E-state index contributed by atoms with van der Waals surface area (Å²) in [6.45, 7) is 1.86. The van der Waals surface area contributed by atoms with E-state index in [2.05, 4.69) is 15.5 Å². The Morgan fingerprint density at radius 1 is 1.03 bits per heavy atom. The van der Waals surface area contributed by atoms with Crippen LogP contribution in [0.1, 0.15) is 5.56 Å². The maximum atomic E-state index is 12.3. The van der Waals surface area contributed by atoms with Crippen molar-refractivity contribution in [2.45, 2.75) is 11.9 Å². The van der Waals surface area contributed by atoms with E-state index < -0.39 is 0 Å². The molecule has 0 atom stereocenters. The summed E-state index contributed by atoms with van der Waals surface area (Å²) in [5.74, 6) is 1.63. The Kier molecular flexibility index (Phi) is 7.59. The second-order valence-electron chi connectivity index (χ2n) is 6.42. The van der Waals surface area contributed by atoms with Crippen LogP contribution in [0.25, 0.3) is 11.3 Å². The van der Waals surface area contributed by atoms with E-state index >= 15 is 0 Å². The Morgan fingerprint density at radius 3 is 2.32 bits per heavy atom. The molecule has 1 aromatic heterocycles. The average molecular weight is 460 g/mol. The molecule has 0 aliphatic carbocycles. The zero-order valence-corrected chi connectivity index (χ0v) is 19.1. The second kappa shape index (κ2) is 10.4. The van der Waals surface area contributed by atoms with Crippen molar-refractivity contribution in [3.8, 4) is 28.5 Å². The van der Waals surface area contributed by atoms with Crippen molar-refractivity contribution in [3.05, 3.63) is 53.1 Å². The van der Waals surface area contributed by atoms with Gasteiger partial charge in [-0.15, -0.1) is 10.2 Å². The first-order valence-electron chi connectivity index (χ1n) is 9.28. The number of hydrogen-bond acceptors (Lipinski definition) is 7. The van der Waals surface area contributed by atoms with E-state index in [1.165, 1.54) is 11.8 Å². The van der Waals surface area contributed by atoms with E-state index in [0.29, 0.717) is 38.7 Å². The monoisotopic (exact) mass is 459 g/mol. The number of hydrogen-bond donors (Lipinski definition) is 1. The molecule has 2 aromatic carbocycles. The Balaban J connectivity index is 1.68. The minimum absolute atomic E-state index is 0.147. The molecule has 1 amide bonds. The third-order valence-electron chi connectivity index (χ3n) is 4.49. The molecule has 0 fully saturated rings. The van der Waals surface area contributed by atoms with Gasteiger partial charge in [-0.1, -0.05) is 29.4 Å². The zero-order chi connectivity index (χ0) is 22.4. The predicted molar refractivity (Wildman–Crippen MR) is 123 cm³/mol. The molecule has 0 bridgehead atoms. The number of amides is 1. The molecule has 162 valence electrons. The van der Waals surface area contributed by atoms with Crippen molar-refractivity contribution in [1.29, 1.82) is 0 Å². The molecular weight excluding hydrogens is 438 g/mol. The number of nitrogens with one attached hydrogen (secondary N) is 1. The van der Waals surface area contributed by atoms with Crippen LogP contribution in [0.15, 0.2) is 47.5 Å². The van der Waals surface area contributed by atoms with Gasteiger partial charge in [0.2, 0.25) is 11.7 Å². The number of carbonyl (C=O) groups excluding carboxylic acids is 1. The van der Waals surface area contributed by atoms with E-state index in [4.69, 9.17) is 25.8 Å². The molecule has 3 rings (SSSR count). The molecule has 0 aliphatic rings. The number of benzene rings is 2. The third kappa shape index (κ3) is 5.39. The highest BCUT2D eigenvalue weighted by molar-refractivity contribution is 7.99. The summed E-state index contributed by atoms with van der Waals surface area (Å²) < 4.78 is 16.1. The number of halogens is 1. The lowest BCUT2D eigenvalue weighted by molar-refractivity contribution is -0.113. The van der Waals surface area contributed by atoms with Crippen LogP contribution in [0, 0.1) is 6.92 Å². The molecule has 0 aliphatic heterocycles. The van der Waals surface area contributed by atoms with Crippen LogP contribution in [0.4, 0.5) is 5.69 Å². The van der Waals surface area contributed by atoms with Crippen molar-refractivity contribution in [3.63, 3.8) is 0 Å². The van der Waals surface area contributed by atoms with E-state index in [-0.39, 0.29) is 11.7 Å². The Bertz CT molecular complexity index is 1050. The van der Waals surface area contributed by atoms with Gasteiger partial charge in [-0.3, -0.25) is 4.79 Å². The van der Waals surface area contributed by atoms with Crippen molar-refractivity contribution in [1.82, 2.24) is 10.2 Å². The lowest BCUT2D eigenvalue weighted by atomic mass is 10.1. The number of carbonyl (C=O) groups is 1. The zero-order valence-electron chi connectivity index (χ0n) is 17.6. The maximum absolute atomic E-state index is 12.3. The lowest BCUT2D eigenvalue weighted by Gasteiger charge is -2.13. The smallest absolute Gasteiger partial charge is 0.234 e. The summed E-state index contributed by atoms with van der Waals surface area (Å²) in [5.41, 5.74) is 2.94. The van der Waals surface area contributed by atoms with Crippen LogP contribution in [0.2, 0.25) is 5.02 Å². The topological polar surface area (TPSA) is 82.6 Å². The first-order valence-corrected chi connectivity index (χ1v) is 10.6. The van der Waals surface area contributed by atoms with Gasteiger partial charge in [0.05, 0.1) is 32.8 Å². The van der Waals surface area contributed by atoms with Crippen molar-refractivity contribution in [2.75, 3.05) is 32.4 Å². The van der Waals surface area contributed by atoms with Gasteiger partial charge >= 0.3 is 0 Å². The van der Waals surface area contributed by atoms with Gasteiger partial charge in [0.25, 0.3) is 0 Å². The maximum Gasteiger partial charge on any atom is 0.234 e. The molecule has 1 heterocycles. The van der Waals surface area contributed by atoms with Crippen LogP contribution in [0.5, 0.6) is 17.2 Å². The van der Waals surface area contributed by atoms with E-state index in [9.17, 15) is 4.79 Å². The highest BCUT2D eigenvalue weighted by Crippen LogP contribution is 2.40. The predicted octanol–water partition coefficient (Wildman–Crippen LogP) is 4.86. The van der Waals surface area contributed by atoms with Crippen LogP contribution in [0.3, 0.4) is 0 Å². The van der Waals surface area contributed by atoms with Gasteiger partial charge in [-0.25, -0.2) is 0 Å². The fraction of sp³-hybridized carbons (Fsp3) is 0.227. The molecule has 7 nitrogen and oxygen atoms in total. The van der Waals surface area contributed by atoms with Gasteiger partial charge in [0.1, 0.15) is 5.03 Å². The minimum atomic E-state index is -0.147. The highest BCUT2D eigenvalue weighted by atomic mass is 35.5. The Labute approximate surface area is 190 Å². The summed E-state index contributed by atoms with van der Waals surface area (Å²) >= 11 is 7.39. The van der Waals surface area contributed by atoms with Gasteiger partial charge in [0.15, 0.2) is 11.5 Å². The van der Waals surface area contributed by atoms with E-state index in [1.54, 1.807) is 45.6 Å². The lowest BCUT2D eigenvalue weighted by Crippen LogP contribution is -2.15. The molecule has 0 saturated carbocycles. The number of aromatic nitrogens is 2. The first-order chi connectivity index (χ1) is 15.0. The molecule has 3 aromatic rings. The standard InChI is InChI=1S/C22H22ClN3O4S/c1-13-15(23)6-5-7-16(13)24-20(27)12-31-21-9-8-17(25-26-21)14-10-18(28-2)22(30-4)19(11-14)29-3/h5-11H,12H2,1-4H3,(H,24,27). The van der Waals surface area contributed by atoms with Crippen molar-refractivity contribution in [2.24, 2.45) is 0 Å². The Morgan fingerprint density at radius 2 is 1.74 bits per heavy atom. The number of rotatable bonds is 8.